The fourth-order valence-corrected chi connectivity index (χ4v) is 4.15. The number of allylic oxidation sites excluding steroid dienone is 2. The van der Waals surface area contributed by atoms with Gasteiger partial charge in [0, 0.05) is 12.8 Å². The number of ether oxygens (including phenoxy) is 1. The van der Waals surface area contributed by atoms with E-state index in [-0.39, 0.29) is 11.6 Å². The maximum Gasteiger partial charge on any atom is 0.303 e. The van der Waals surface area contributed by atoms with E-state index in [0.717, 1.165) is 6.42 Å². The van der Waals surface area contributed by atoms with Crippen molar-refractivity contribution in [3.8, 4) is 0 Å². The van der Waals surface area contributed by atoms with Gasteiger partial charge in [-0.1, -0.05) is 18.1 Å². The summed E-state index contributed by atoms with van der Waals surface area (Å²) in [6.45, 7) is 10.4. The maximum atomic E-state index is 11.3. The number of carbonyl (C=O) groups excluding carboxylic acids is 1. The monoisotopic (exact) mass is 264 g/mol. The first kappa shape index (κ1) is 14.6. The Bertz CT molecular complexity index is 405. The molecule has 1 fully saturated rings. The fourth-order valence-electron chi connectivity index (χ4n) is 4.15. The van der Waals surface area contributed by atoms with Crippen LogP contribution in [-0.2, 0) is 9.53 Å². The molecule has 19 heavy (non-hydrogen) atoms. The summed E-state index contributed by atoms with van der Waals surface area (Å²) < 4.78 is 5.56. The molecule has 0 unspecified atom stereocenters. The van der Waals surface area contributed by atoms with Gasteiger partial charge in [0.1, 0.15) is 5.60 Å². The lowest BCUT2D eigenvalue weighted by atomic mass is 9.59. The molecule has 0 N–H and O–H groups in total. The molecule has 0 amide bonds. The van der Waals surface area contributed by atoms with Crippen LogP contribution in [0.2, 0.25) is 0 Å². The highest BCUT2D eigenvalue weighted by atomic mass is 16.6. The van der Waals surface area contributed by atoms with Gasteiger partial charge in [-0.3, -0.25) is 4.79 Å². The Labute approximate surface area is 117 Å². The first-order valence-electron chi connectivity index (χ1n) is 7.63. The molecule has 2 atom stereocenters. The van der Waals surface area contributed by atoms with Crippen LogP contribution in [0.15, 0.2) is 11.1 Å². The minimum Gasteiger partial charge on any atom is -0.460 e. The van der Waals surface area contributed by atoms with Crippen LogP contribution in [0.5, 0.6) is 0 Å². The summed E-state index contributed by atoms with van der Waals surface area (Å²) in [7, 11) is 0. The third-order valence-electron chi connectivity index (χ3n) is 5.41. The van der Waals surface area contributed by atoms with Crippen LogP contribution < -0.4 is 0 Å². The normalized spacial score (nSPS) is 31.9. The highest BCUT2D eigenvalue weighted by molar-refractivity contribution is 5.66. The van der Waals surface area contributed by atoms with Crippen molar-refractivity contribution in [2.24, 2.45) is 11.3 Å². The van der Waals surface area contributed by atoms with Gasteiger partial charge < -0.3 is 4.74 Å². The molecular weight excluding hydrogens is 236 g/mol. The van der Waals surface area contributed by atoms with Gasteiger partial charge in [0.25, 0.3) is 0 Å². The van der Waals surface area contributed by atoms with Gasteiger partial charge in [-0.25, -0.2) is 0 Å². The first-order chi connectivity index (χ1) is 8.74. The summed E-state index contributed by atoms with van der Waals surface area (Å²) in [5.41, 5.74) is 3.34. The van der Waals surface area contributed by atoms with Crippen molar-refractivity contribution >= 4 is 5.97 Å². The first-order valence-corrected chi connectivity index (χ1v) is 7.63. The molecule has 0 aromatic rings. The topological polar surface area (TPSA) is 26.3 Å². The number of fused-ring (bicyclic) bond motifs is 1. The highest BCUT2D eigenvalue weighted by Gasteiger charge is 2.43. The van der Waals surface area contributed by atoms with E-state index >= 15 is 0 Å². The van der Waals surface area contributed by atoms with Crippen LogP contribution >= 0.6 is 0 Å². The molecule has 0 saturated heterocycles. The molecular formula is C17H28O2. The molecule has 108 valence electrons. The van der Waals surface area contributed by atoms with E-state index in [2.05, 4.69) is 27.7 Å². The second kappa shape index (κ2) is 4.96. The summed E-state index contributed by atoms with van der Waals surface area (Å²) >= 11 is 0. The molecule has 2 aliphatic rings. The zero-order valence-electron chi connectivity index (χ0n) is 13.1. The van der Waals surface area contributed by atoms with Gasteiger partial charge in [-0.05, 0) is 64.7 Å². The number of rotatable bonds is 2. The van der Waals surface area contributed by atoms with E-state index in [9.17, 15) is 4.79 Å². The Balaban J connectivity index is 2.19. The molecule has 2 aliphatic carbocycles. The quantitative estimate of drug-likeness (QED) is 0.536. The molecule has 0 aromatic heterocycles. The third kappa shape index (κ3) is 2.88. The van der Waals surface area contributed by atoms with E-state index in [1.54, 1.807) is 11.1 Å². The molecule has 2 rings (SSSR count). The molecule has 0 aliphatic heterocycles. The number of hydrogen-bond acceptors (Lipinski definition) is 2. The highest BCUT2D eigenvalue weighted by Crippen LogP contribution is 2.53. The molecule has 2 heteroatoms. The summed E-state index contributed by atoms with van der Waals surface area (Å²) in [4.78, 5) is 11.3. The lowest BCUT2D eigenvalue weighted by molar-refractivity contribution is -0.160. The van der Waals surface area contributed by atoms with Gasteiger partial charge >= 0.3 is 5.97 Å². The van der Waals surface area contributed by atoms with E-state index in [0.29, 0.717) is 11.3 Å². The van der Waals surface area contributed by atoms with Gasteiger partial charge in [0.05, 0.1) is 0 Å². The lowest BCUT2D eigenvalue weighted by Crippen LogP contribution is -2.42. The van der Waals surface area contributed by atoms with Gasteiger partial charge in [0.15, 0.2) is 0 Å². The predicted molar refractivity (Wildman–Crippen MR) is 77.8 cm³/mol. The average molecular weight is 264 g/mol. The average Bonchev–Trinajstić information content (AvgIpc) is 2.26. The zero-order chi connectivity index (χ0) is 14.3. The third-order valence-corrected chi connectivity index (χ3v) is 5.41. The fraction of sp³-hybridized carbons (Fsp3) is 0.824. The smallest absolute Gasteiger partial charge is 0.303 e. The van der Waals surface area contributed by atoms with Crippen molar-refractivity contribution in [1.29, 1.82) is 0 Å². The van der Waals surface area contributed by atoms with Gasteiger partial charge in [0.2, 0.25) is 0 Å². The van der Waals surface area contributed by atoms with Crippen LogP contribution in [0.4, 0.5) is 0 Å². The van der Waals surface area contributed by atoms with E-state index in [1.807, 2.05) is 0 Å². The second-order valence-electron chi connectivity index (χ2n) is 7.31. The Morgan fingerprint density at radius 1 is 1.37 bits per heavy atom. The molecule has 2 nitrogen and oxygen atoms in total. The Hall–Kier alpha value is -0.790. The van der Waals surface area contributed by atoms with Gasteiger partial charge in [-0.15, -0.1) is 0 Å². The minimum absolute atomic E-state index is 0.160. The van der Waals surface area contributed by atoms with Crippen LogP contribution in [-0.4, -0.2) is 11.6 Å². The zero-order valence-corrected chi connectivity index (χ0v) is 13.1. The van der Waals surface area contributed by atoms with Crippen LogP contribution in [0, 0.1) is 11.3 Å². The predicted octanol–water partition coefficient (Wildman–Crippen LogP) is 4.63. The van der Waals surface area contributed by atoms with Crippen molar-refractivity contribution in [1.82, 2.24) is 0 Å². The van der Waals surface area contributed by atoms with Crippen molar-refractivity contribution in [2.45, 2.75) is 78.7 Å². The molecule has 0 heterocycles. The molecule has 0 aromatic carbocycles. The lowest BCUT2D eigenvalue weighted by Gasteiger charge is -2.47. The van der Waals surface area contributed by atoms with Gasteiger partial charge in [-0.2, -0.15) is 0 Å². The molecule has 0 radical (unpaired) electrons. The van der Waals surface area contributed by atoms with E-state index < -0.39 is 0 Å². The molecule has 0 spiro atoms. The Morgan fingerprint density at radius 2 is 2.05 bits per heavy atom. The second-order valence-corrected chi connectivity index (χ2v) is 7.31. The molecule has 1 saturated carbocycles. The van der Waals surface area contributed by atoms with Crippen molar-refractivity contribution in [3.63, 3.8) is 0 Å². The Morgan fingerprint density at radius 3 is 2.68 bits per heavy atom. The summed E-state index contributed by atoms with van der Waals surface area (Å²) in [5, 5.41) is 0. The van der Waals surface area contributed by atoms with Crippen molar-refractivity contribution in [2.75, 3.05) is 0 Å². The number of esters is 1. The summed E-state index contributed by atoms with van der Waals surface area (Å²) in [6, 6.07) is 0. The maximum absolute atomic E-state index is 11.3. The Kier molecular flexibility index (Phi) is 3.81. The van der Waals surface area contributed by atoms with Crippen molar-refractivity contribution in [3.05, 3.63) is 11.1 Å². The minimum atomic E-state index is -0.335. The number of hydrogen-bond donors (Lipinski definition) is 0. The van der Waals surface area contributed by atoms with Crippen LogP contribution in [0.1, 0.15) is 73.1 Å². The standard InChI is InChI=1S/C17H28O2/c1-12-7-6-9-17(5)10-8-14(11-15(12)17)16(3,4)19-13(2)18/h14H,6-11H2,1-5H3/t14-,17+/m1/s1. The largest absolute Gasteiger partial charge is 0.460 e. The summed E-state index contributed by atoms with van der Waals surface area (Å²) in [6.07, 6.45) is 7.46. The molecule has 0 bridgehead atoms. The number of carbonyl (C=O) groups is 1. The van der Waals surface area contributed by atoms with Crippen LogP contribution in [0.3, 0.4) is 0 Å². The SMILES string of the molecule is CC(=O)OC(C)(C)[C@@H]1CC[C@]2(C)CCCC(C)=C2C1. The van der Waals surface area contributed by atoms with E-state index in [1.165, 1.54) is 39.0 Å². The van der Waals surface area contributed by atoms with Crippen molar-refractivity contribution < 1.29 is 9.53 Å². The van der Waals surface area contributed by atoms with Crippen LogP contribution in [0.25, 0.3) is 0 Å². The summed E-state index contributed by atoms with van der Waals surface area (Å²) in [5.74, 6) is 0.306. The van der Waals surface area contributed by atoms with E-state index in [4.69, 9.17) is 4.74 Å².